The molecule has 1 aliphatic heterocycles. The fraction of sp³-hybridized carbons (Fsp3) is 0.548. The lowest BCUT2D eigenvalue weighted by molar-refractivity contribution is -0.0106. The molecule has 4 atom stereocenters. The summed E-state index contributed by atoms with van der Waals surface area (Å²) >= 11 is 0. The number of fused-ring (bicyclic) bond motifs is 1. The highest BCUT2D eigenvalue weighted by atomic mass is 16.5. The number of ether oxygens (including phenoxy) is 4. The van der Waals surface area contributed by atoms with Crippen molar-refractivity contribution in [3.8, 4) is 11.5 Å². The Balaban J connectivity index is 1.27. The van der Waals surface area contributed by atoms with Crippen LogP contribution < -0.4 is 14.4 Å². The highest BCUT2D eigenvalue weighted by Crippen LogP contribution is 2.42. The van der Waals surface area contributed by atoms with E-state index in [1.807, 2.05) is 11.0 Å². The summed E-state index contributed by atoms with van der Waals surface area (Å²) in [7, 11) is 3.47. The van der Waals surface area contributed by atoms with E-state index >= 15 is 0 Å². The maximum absolute atomic E-state index is 6.70. The zero-order valence-corrected chi connectivity index (χ0v) is 23.5. The van der Waals surface area contributed by atoms with Crippen molar-refractivity contribution in [2.45, 2.75) is 63.7 Å². The molecule has 2 heterocycles. The van der Waals surface area contributed by atoms with Crippen molar-refractivity contribution in [3.05, 3.63) is 66.2 Å². The smallest absolute Gasteiger partial charge is 0.142 e. The molecule has 1 fully saturated rings. The summed E-state index contributed by atoms with van der Waals surface area (Å²) in [5.74, 6) is 2.79. The summed E-state index contributed by atoms with van der Waals surface area (Å²) in [4.78, 5) is 6.54. The van der Waals surface area contributed by atoms with Gasteiger partial charge in [-0.3, -0.25) is 4.68 Å². The molecule has 2 aromatic carbocycles. The molecule has 3 aromatic rings. The minimum Gasteiger partial charge on any atom is -0.497 e. The SMILES string of the molecule is COCCCN1CCOc2ccc(CO[C@H]3CC[C@@H](C[C@@H](C)n4cncn4)C[C@@H]3c3ccc(OC)cc3)cc21. The van der Waals surface area contributed by atoms with Gasteiger partial charge in [0, 0.05) is 26.2 Å². The highest BCUT2D eigenvalue weighted by molar-refractivity contribution is 5.61. The van der Waals surface area contributed by atoms with Crippen molar-refractivity contribution < 1.29 is 18.9 Å². The summed E-state index contributed by atoms with van der Waals surface area (Å²) in [6, 6.07) is 15.4. The van der Waals surface area contributed by atoms with Gasteiger partial charge in [0.15, 0.2) is 0 Å². The molecule has 210 valence electrons. The number of methoxy groups -OCH3 is 2. The third-order valence-electron chi connectivity index (χ3n) is 8.23. The lowest BCUT2D eigenvalue weighted by Crippen LogP contribution is -2.34. The summed E-state index contributed by atoms with van der Waals surface area (Å²) in [5, 5.41) is 4.36. The predicted molar refractivity (Wildman–Crippen MR) is 152 cm³/mol. The maximum Gasteiger partial charge on any atom is 0.142 e. The van der Waals surface area contributed by atoms with Gasteiger partial charge in [0.1, 0.15) is 30.8 Å². The molecular formula is C31H42N4O4. The van der Waals surface area contributed by atoms with Crippen LogP contribution in [0.1, 0.15) is 62.1 Å². The van der Waals surface area contributed by atoms with Crippen molar-refractivity contribution in [2.24, 2.45) is 5.92 Å². The number of nitrogens with zero attached hydrogens (tertiary/aromatic N) is 4. The van der Waals surface area contributed by atoms with Gasteiger partial charge in [-0.25, -0.2) is 4.98 Å². The van der Waals surface area contributed by atoms with Crippen molar-refractivity contribution in [1.29, 1.82) is 0 Å². The van der Waals surface area contributed by atoms with Gasteiger partial charge in [-0.1, -0.05) is 18.2 Å². The molecule has 1 aliphatic carbocycles. The van der Waals surface area contributed by atoms with Gasteiger partial charge < -0.3 is 23.8 Å². The van der Waals surface area contributed by atoms with E-state index in [9.17, 15) is 0 Å². The predicted octanol–water partition coefficient (Wildman–Crippen LogP) is 5.64. The van der Waals surface area contributed by atoms with E-state index < -0.39 is 0 Å². The quantitative estimate of drug-likeness (QED) is 0.278. The first-order chi connectivity index (χ1) is 19.1. The first kappa shape index (κ1) is 27.5. The minimum absolute atomic E-state index is 0.168. The average molecular weight is 535 g/mol. The van der Waals surface area contributed by atoms with E-state index in [2.05, 4.69) is 64.4 Å². The lowest BCUT2D eigenvalue weighted by Gasteiger charge is -2.37. The maximum atomic E-state index is 6.70. The Kier molecular flexibility index (Phi) is 9.37. The van der Waals surface area contributed by atoms with Gasteiger partial charge in [0.25, 0.3) is 0 Å². The summed E-state index contributed by atoms with van der Waals surface area (Å²) < 4.78 is 25.3. The Bertz CT molecular complexity index is 1150. The van der Waals surface area contributed by atoms with Crippen LogP contribution in [0.3, 0.4) is 0 Å². The fourth-order valence-electron chi connectivity index (χ4n) is 6.12. The molecule has 1 saturated carbocycles. The average Bonchev–Trinajstić information content (AvgIpc) is 3.52. The largest absolute Gasteiger partial charge is 0.497 e. The van der Waals surface area contributed by atoms with Crippen LogP contribution >= 0.6 is 0 Å². The van der Waals surface area contributed by atoms with Gasteiger partial charge in [0.05, 0.1) is 38.1 Å². The molecule has 8 nitrogen and oxygen atoms in total. The standard InChI is InChI=1S/C31H42N4O4/c1-23(35-22-32-21-33-35)17-24-5-11-30(28(18-24)26-7-9-27(37-3)10-8-26)39-20-25-6-12-31-29(19-25)34(14-16-38-31)13-4-15-36-2/h6-10,12,19,21-24,28,30H,4-5,11,13-18,20H2,1-3H3/t23-,24+,28-,30+/m1/s1. The Morgan fingerprint density at radius 2 is 1.97 bits per heavy atom. The molecule has 0 unspecified atom stereocenters. The normalized spacial score (nSPS) is 21.7. The van der Waals surface area contributed by atoms with E-state index in [4.69, 9.17) is 18.9 Å². The monoisotopic (exact) mass is 534 g/mol. The minimum atomic E-state index is 0.168. The van der Waals surface area contributed by atoms with Crippen LogP contribution in [0.5, 0.6) is 11.5 Å². The molecule has 0 radical (unpaired) electrons. The molecule has 2 aliphatic rings. The van der Waals surface area contributed by atoms with Gasteiger partial charge in [0.2, 0.25) is 0 Å². The molecule has 0 amide bonds. The summed E-state index contributed by atoms with van der Waals surface area (Å²) in [6.45, 7) is 6.18. The molecule has 1 aromatic heterocycles. The van der Waals surface area contributed by atoms with Crippen molar-refractivity contribution in [1.82, 2.24) is 14.8 Å². The fourth-order valence-corrected chi connectivity index (χ4v) is 6.12. The topological polar surface area (TPSA) is 70.9 Å². The second kappa shape index (κ2) is 13.3. The van der Waals surface area contributed by atoms with E-state index in [0.717, 1.165) is 75.6 Å². The first-order valence-corrected chi connectivity index (χ1v) is 14.2. The third-order valence-corrected chi connectivity index (χ3v) is 8.23. The number of hydrogen-bond donors (Lipinski definition) is 0. The van der Waals surface area contributed by atoms with Crippen molar-refractivity contribution in [3.63, 3.8) is 0 Å². The van der Waals surface area contributed by atoms with Gasteiger partial charge in [-0.05, 0) is 80.3 Å². The molecule has 5 rings (SSSR count). The lowest BCUT2D eigenvalue weighted by atomic mass is 9.74. The van der Waals surface area contributed by atoms with Gasteiger partial charge in [-0.15, -0.1) is 0 Å². The zero-order valence-electron chi connectivity index (χ0n) is 23.5. The van der Waals surface area contributed by atoms with Gasteiger partial charge >= 0.3 is 0 Å². The van der Waals surface area contributed by atoms with E-state index in [1.165, 1.54) is 11.1 Å². The van der Waals surface area contributed by atoms with Gasteiger partial charge in [-0.2, -0.15) is 5.10 Å². The van der Waals surface area contributed by atoms with E-state index in [-0.39, 0.29) is 6.10 Å². The van der Waals surface area contributed by atoms with Crippen LogP contribution in [0.15, 0.2) is 55.1 Å². The zero-order chi connectivity index (χ0) is 27.0. The number of aromatic nitrogens is 3. The Morgan fingerprint density at radius 1 is 1.10 bits per heavy atom. The van der Waals surface area contributed by atoms with E-state index in [0.29, 0.717) is 24.5 Å². The summed E-state index contributed by atoms with van der Waals surface area (Å²) in [5.41, 5.74) is 3.67. The Hall–Kier alpha value is -3.10. The van der Waals surface area contributed by atoms with E-state index in [1.54, 1.807) is 20.5 Å². The molecule has 8 heteroatoms. The number of anilines is 1. The molecule has 39 heavy (non-hydrogen) atoms. The van der Waals surface area contributed by atoms with Crippen LogP contribution in [0.4, 0.5) is 5.69 Å². The van der Waals surface area contributed by atoms with Crippen molar-refractivity contribution in [2.75, 3.05) is 45.4 Å². The second-order valence-electron chi connectivity index (χ2n) is 10.9. The molecule has 0 bridgehead atoms. The Labute approximate surface area is 232 Å². The Morgan fingerprint density at radius 3 is 2.74 bits per heavy atom. The molecule has 0 saturated heterocycles. The number of rotatable bonds is 12. The number of hydrogen-bond acceptors (Lipinski definition) is 7. The first-order valence-electron chi connectivity index (χ1n) is 14.2. The van der Waals surface area contributed by atoms with Crippen molar-refractivity contribution >= 4 is 5.69 Å². The number of benzene rings is 2. The van der Waals surface area contributed by atoms with Crippen LogP contribution in [-0.2, 0) is 16.1 Å². The third kappa shape index (κ3) is 6.92. The highest BCUT2D eigenvalue weighted by Gasteiger charge is 2.33. The molecule has 0 N–H and O–H groups in total. The second-order valence-corrected chi connectivity index (χ2v) is 10.9. The van der Waals surface area contributed by atoms with Crippen LogP contribution in [0.2, 0.25) is 0 Å². The van der Waals surface area contributed by atoms with Crippen LogP contribution in [0.25, 0.3) is 0 Å². The summed E-state index contributed by atoms with van der Waals surface area (Å²) in [6.07, 6.45) is 8.99. The molecule has 0 spiro atoms. The van der Waals surface area contributed by atoms with Crippen LogP contribution in [-0.4, -0.2) is 61.4 Å². The van der Waals surface area contributed by atoms with Crippen LogP contribution in [0, 0.1) is 5.92 Å². The molecular weight excluding hydrogens is 492 g/mol.